The molecule has 17 nitrogen and oxygen atoms in total. The fraction of sp³-hybridized carbons (Fsp3) is 0.875. The standard InChI is InChI=1S/C48H74O17/c1-22-32(52)25(51)17-31(60-22)62-30-19-43(2,3)18-24-23-9-10-28-45(5)13-12-29(46(6,21-50)27(45)11-14-48(28,8)47(23,7)16-15-44(24,30)4)63-42-39(36(56)35(55)38(64-42)40(58)59)65-41-37(57)34(54)33(53)26(20-49)61-41/h9,24,26-31,33-39,41-42,49-50,52-57H,10-21H2,1-8H3,(H,58,59)/t24-,26+,27+,28+,29-,30+,31?,33-,34-,35-,36-,37+,38-,39+,41-,42+,44+,45-,46+,47+,48+/m0/s1. The molecule has 0 spiro atoms. The summed E-state index contributed by atoms with van der Waals surface area (Å²) in [6, 6.07) is 0. The number of carbonyl (C=O) groups is 2. The Morgan fingerprint density at radius 1 is 0.769 bits per heavy atom. The summed E-state index contributed by atoms with van der Waals surface area (Å²) >= 11 is 0. The van der Waals surface area contributed by atoms with Crippen molar-refractivity contribution >= 4 is 11.8 Å². The first-order chi connectivity index (χ1) is 30.3. The molecule has 3 heterocycles. The molecule has 0 bridgehead atoms. The molecule has 4 saturated carbocycles. The molecule has 0 aromatic heterocycles. The van der Waals surface area contributed by atoms with Crippen LogP contribution in [-0.4, -0.2) is 151 Å². The zero-order valence-corrected chi connectivity index (χ0v) is 39.1. The molecule has 8 aliphatic rings. The van der Waals surface area contributed by atoms with E-state index in [2.05, 4.69) is 47.6 Å². The van der Waals surface area contributed by atoms with E-state index in [9.17, 15) is 55.5 Å². The Morgan fingerprint density at radius 3 is 2.12 bits per heavy atom. The number of ketones is 1. The van der Waals surface area contributed by atoms with Crippen LogP contribution in [0, 0.1) is 50.2 Å². The summed E-state index contributed by atoms with van der Waals surface area (Å²) in [7, 11) is 0. The van der Waals surface area contributed by atoms with Gasteiger partial charge in [-0.25, -0.2) is 4.79 Å². The lowest BCUT2D eigenvalue weighted by Crippen LogP contribution is -2.68. The van der Waals surface area contributed by atoms with Crippen LogP contribution in [0.5, 0.6) is 0 Å². The van der Waals surface area contributed by atoms with Gasteiger partial charge in [0, 0.05) is 10.8 Å². The van der Waals surface area contributed by atoms with Gasteiger partial charge >= 0.3 is 5.97 Å². The number of hydrogen-bond acceptors (Lipinski definition) is 16. The molecule has 65 heavy (non-hydrogen) atoms. The summed E-state index contributed by atoms with van der Waals surface area (Å²) in [5.74, 6) is -1.70. The fourth-order valence-corrected chi connectivity index (χ4v) is 14.9. The van der Waals surface area contributed by atoms with Crippen LogP contribution in [0.15, 0.2) is 23.2 Å². The number of aliphatic hydroxyl groups excluding tert-OH is 8. The number of carboxylic acids is 1. The lowest BCUT2D eigenvalue weighted by atomic mass is 9.33. The Labute approximate surface area is 381 Å². The van der Waals surface area contributed by atoms with Crippen LogP contribution in [-0.2, 0) is 38.0 Å². The highest BCUT2D eigenvalue weighted by molar-refractivity contribution is 5.94. The Hall–Kier alpha value is -2.26. The van der Waals surface area contributed by atoms with Gasteiger partial charge in [0.2, 0.25) is 12.1 Å². The Bertz CT molecular complexity index is 1900. The van der Waals surface area contributed by atoms with E-state index in [-0.39, 0.29) is 81.3 Å². The molecular formula is C48H74O17. The van der Waals surface area contributed by atoms with Crippen LogP contribution in [0.25, 0.3) is 0 Å². The molecule has 5 aliphatic carbocycles. The van der Waals surface area contributed by atoms with E-state index in [1.165, 1.54) is 5.57 Å². The topological polar surface area (TPSA) is 272 Å². The average Bonchev–Trinajstić information content (AvgIpc) is 3.24. The monoisotopic (exact) mass is 922 g/mol. The summed E-state index contributed by atoms with van der Waals surface area (Å²) in [6.45, 7) is 16.7. The summed E-state index contributed by atoms with van der Waals surface area (Å²) in [4.78, 5) is 24.9. The van der Waals surface area contributed by atoms with Gasteiger partial charge in [0.1, 0.15) is 48.5 Å². The number of carbonyl (C=O) groups excluding carboxylic acids is 1. The van der Waals surface area contributed by atoms with Crippen LogP contribution >= 0.6 is 0 Å². The molecule has 6 fully saturated rings. The van der Waals surface area contributed by atoms with Crippen LogP contribution < -0.4 is 0 Å². The molecule has 9 N–H and O–H groups in total. The second-order valence-corrected chi connectivity index (χ2v) is 23.0. The first kappa shape index (κ1) is 49.2. The number of Topliss-reactive ketones (excluding diaryl/α,β-unsaturated/α-hetero) is 1. The molecule has 0 aromatic carbocycles. The van der Waals surface area contributed by atoms with Crippen molar-refractivity contribution in [3.05, 3.63) is 23.2 Å². The van der Waals surface area contributed by atoms with E-state index < -0.39 is 91.8 Å². The van der Waals surface area contributed by atoms with Gasteiger partial charge in [-0.15, -0.1) is 0 Å². The van der Waals surface area contributed by atoms with Gasteiger partial charge in [-0.1, -0.05) is 60.1 Å². The van der Waals surface area contributed by atoms with Crippen molar-refractivity contribution in [3.8, 4) is 0 Å². The largest absolute Gasteiger partial charge is 0.502 e. The van der Waals surface area contributed by atoms with E-state index in [1.54, 1.807) is 6.92 Å². The normalized spacial score (nSPS) is 52.0. The third-order valence-corrected chi connectivity index (χ3v) is 19.0. The minimum atomic E-state index is -1.99. The molecule has 17 heteroatoms. The number of allylic oxidation sites excluding steroid dienone is 4. The van der Waals surface area contributed by atoms with Crippen LogP contribution in [0.2, 0.25) is 0 Å². The molecule has 0 radical (unpaired) electrons. The Morgan fingerprint density at radius 2 is 1.48 bits per heavy atom. The minimum absolute atomic E-state index is 0.0302. The number of fused-ring (bicyclic) bond motifs is 7. The van der Waals surface area contributed by atoms with Crippen molar-refractivity contribution in [1.29, 1.82) is 0 Å². The highest BCUT2D eigenvalue weighted by Gasteiger charge is 2.70. The first-order valence-corrected chi connectivity index (χ1v) is 23.7. The Kier molecular flexibility index (Phi) is 12.9. The third-order valence-electron chi connectivity index (χ3n) is 19.0. The number of aliphatic hydroxyl groups is 8. The quantitative estimate of drug-likeness (QED) is 0.119. The first-order valence-electron chi connectivity index (χ1n) is 23.7. The second-order valence-electron chi connectivity index (χ2n) is 23.0. The molecule has 0 aromatic rings. The lowest BCUT2D eigenvalue weighted by molar-refractivity contribution is -0.375. The molecular weight excluding hydrogens is 849 g/mol. The average molecular weight is 923 g/mol. The zero-order valence-electron chi connectivity index (χ0n) is 39.1. The molecule has 1 unspecified atom stereocenters. The van der Waals surface area contributed by atoms with E-state index in [4.69, 9.17) is 28.4 Å². The molecule has 21 atom stereocenters. The summed E-state index contributed by atoms with van der Waals surface area (Å²) in [5.41, 5.74) is -0.212. The van der Waals surface area contributed by atoms with Crippen molar-refractivity contribution in [2.24, 2.45) is 50.2 Å². The SMILES string of the molecule is CC1=C(O)C(=O)CC(O[C@@H]2CC(C)(C)C[C@H]3C4=CC[C@@H]5[C@@]6(C)CC[C@H](O[C@@H]7O[C@H](C(=O)O)[C@@H](O)[C@H](O)[C@H]7O[C@@H]7O[C@H](CO)[C@H](O)[C@H](O)[C@H]7O)[C@](C)(CO)[C@@H]6CC[C@@]5(C)[C@]4(C)CC[C@@]23C)O1. The van der Waals surface area contributed by atoms with Crippen LogP contribution in [0.4, 0.5) is 0 Å². The van der Waals surface area contributed by atoms with Crippen LogP contribution in [0.3, 0.4) is 0 Å². The zero-order chi connectivity index (χ0) is 47.6. The summed E-state index contributed by atoms with van der Waals surface area (Å²) < 4.78 is 36.7. The van der Waals surface area contributed by atoms with E-state index >= 15 is 0 Å². The second kappa shape index (κ2) is 17.0. The van der Waals surface area contributed by atoms with Crippen molar-refractivity contribution in [2.75, 3.05) is 13.2 Å². The molecule has 3 aliphatic heterocycles. The van der Waals surface area contributed by atoms with Gasteiger partial charge < -0.3 is 74.4 Å². The van der Waals surface area contributed by atoms with Crippen molar-refractivity contribution in [2.45, 2.75) is 200 Å². The number of ether oxygens (including phenoxy) is 6. The maximum absolute atomic E-state index is 12.6. The molecule has 8 rings (SSSR count). The number of hydrogen-bond donors (Lipinski definition) is 9. The molecule has 2 saturated heterocycles. The van der Waals surface area contributed by atoms with Gasteiger partial charge in [-0.05, 0) is 104 Å². The van der Waals surface area contributed by atoms with Crippen molar-refractivity contribution < 1.29 is 84.0 Å². The van der Waals surface area contributed by atoms with Gasteiger partial charge in [-0.3, -0.25) is 4.79 Å². The summed E-state index contributed by atoms with van der Waals surface area (Å²) in [5, 5.41) is 95.2. The van der Waals surface area contributed by atoms with Gasteiger partial charge in [-0.2, -0.15) is 0 Å². The fourth-order valence-electron chi connectivity index (χ4n) is 14.9. The van der Waals surface area contributed by atoms with Crippen LogP contribution in [0.1, 0.15) is 120 Å². The summed E-state index contributed by atoms with van der Waals surface area (Å²) in [6.07, 6.45) is -9.54. The highest BCUT2D eigenvalue weighted by atomic mass is 16.8. The van der Waals surface area contributed by atoms with Crippen molar-refractivity contribution in [3.63, 3.8) is 0 Å². The highest BCUT2D eigenvalue weighted by Crippen LogP contribution is 2.76. The van der Waals surface area contributed by atoms with Gasteiger partial charge in [0.15, 0.2) is 24.4 Å². The number of rotatable bonds is 9. The third kappa shape index (κ3) is 7.65. The number of carboxylic acid groups (broad SMARTS) is 1. The minimum Gasteiger partial charge on any atom is -0.502 e. The van der Waals surface area contributed by atoms with Gasteiger partial charge in [0.05, 0.1) is 31.8 Å². The molecule has 368 valence electrons. The van der Waals surface area contributed by atoms with E-state index in [1.807, 2.05) is 6.92 Å². The maximum Gasteiger partial charge on any atom is 0.335 e. The van der Waals surface area contributed by atoms with E-state index in [0.717, 1.165) is 44.9 Å². The maximum atomic E-state index is 12.6. The Balaban J connectivity index is 1.06. The predicted octanol–water partition coefficient (Wildman–Crippen LogP) is 2.98. The van der Waals surface area contributed by atoms with E-state index in [0.29, 0.717) is 12.8 Å². The van der Waals surface area contributed by atoms with Gasteiger partial charge in [0.25, 0.3) is 0 Å². The predicted molar refractivity (Wildman–Crippen MR) is 228 cm³/mol. The lowest BCUT2D eigenvalue weighted by Gasteiger charge is -2.72. The number of aliphatic carboxylic acids is 1. The smallest absolute Gasteiger partial charge is 0.335 e. The molecule has 0 amide bonds. The van der Waals surface area contributed by atoms with Crippen molar-refractivity contribution in [1.82, 2.24) is 0 Å².